The van der Waals surface area contributed by atoms with Crippen LogP contribution < -0.4 is 10.2 Å². The van der Waals surface area contributed by atoms with E-state index in [9.17, 15) is 4.79 Å². The maximum absolute atomic E-state index is 11.2. The molecule has 1 fully saturated rings. The number of nitrogens with zero attached hydrogens (tertiary/aromatic N) is 4. The maximum atomic E-state index is 11.2. The minimum atomic E-state index is 0.0320. The van der Waals surface area contributed by atoms with Crippen molar-refractivity contribution in [2.75, 3.05) is 18.0 Å². The zero-order valence-electron chi connectivity index (χ0n) is 12.1. The van der Waals surface area contributed by atoms with E-state index in [1.165, 1.54) is 0 Å². The number of fused-ring (bicyclic) bond motifs is 1. The Kier molecular flexibility index (Phi) is 3.08. The molecule has 106 valence electrons. The number of rotatable bonds is 2. The van der Waals surface area contributed by atoms with Gasteiger partial charge in [-0.05, 0) is 26.3 Å². The predicted molar refractivity (Wildman–Crippen MR) is 76.9 cm³/mol. The second-order valence-electron chi connectivity index (χ2n) is 5.45. The monoisotopic (exact) mass is 273 g/mol. The summed E-state index contributed by atoms with van der Waals surface area (Å²) in [7, 11) is 0. The molecule has 0 bridgehead atoms. The lowest BCUT2D eigenvalue weighted by molar-refractivity contribution is -0.119. The standard InChI is InChI=1S/C14H19N5O/c1-9-6-13(14-15-10(2)7-19(14)17-9)18-5-4-12(8-18)16-11(3)20/h6-7,12H,4-5,8H2,1-3H3,(H,16,20). The molecule has 0 spiro atoms. The molecular formula is C14H19N5O. The number of anilines is 1. The lowest BCUT2D eigenvalue weighted by Crippen LogP contribution is -2.35. The largest absolute Gasteiger partial charge is 0.366 e. The molecule has 1 aliphatic heterocycles. The molecule has 20 heavy (non-hydrogen) atoms. The Balaban J connectivity index is 1.92. The molecule has 1 atom stereocenters. The number of nitrogens with one attached hydrogen (secondary N) is 1. The molecule has 1 aliphatic rings. The second-order valence-corrected chi connectivity index (χ2v) is 5.45. The first-order valence-corrected chi connectivity index (χ1v) is 6.88. The van der Waals surface area contributed by atoms with Crippen molar-refractivity contribution in [3.63, 3.8) is 0 Å². The Hall–Kier alpha value is -2.11. The number of aryl methyl sites for hydroxylation is 2. The summed E-state index contributed by atoms with van der Waals surface area (Å²) in [5.41, 5.74) is 3.91. The molecule has 2 aromatic rings. The van der Waals surface area contributed by atoms with Gasteiger partial charge in [0.25, 0.3) is 0 Å². The smallest absolute Gasteiger partial charge is 0.217 e. The molecule has 1 saturated heterocycles. The van der Waals surface area contributed by atoms with Crippen LogP contribution in [-0.4, -0.2) is 39.6 Å². The van der Waals surface area contributed by atoms with Crippen molar-refractivity contribution in [2.24, 2.45) is 0 Å². The maximum Gasteiger partial charge on any atom is 0.217 e. The molecule has 0 aliphatic carbocycles. The van der Waals surface area contributed by atoms with Crippen LogP contribution in [0.15, 0.2) is 12.3 Å². The lowest BCUT2D eigenvalue weighted by atomic mass is 10.2. The van der Waals surface area contributed by atoms with Crippen LogP contribution in [-0.2, 0) is 4.79 Å². The van der Waals surface area contributed by atoms with Gasteiger partial charge >= 0.3 is 0 Å². The highest BCUT2D eigenvalue weighted by Crippen LogP contribution is 2.25. The molecular weight excluding hydrogens is 254 g/mol. The fraction of sp³-hybridized carbons (Fsp3) is 0.500. The van der Waals surface area contributed by atoms with Crippen LogP contribution in [0.3, 0.4) is 0 Å². The average molecular weight is 273 g/mol. The van der Waals surface area contributed by atoms with E-state index in [2.05, 4.69) is 26.4 Å². The Morgan fingerprint density at radius 3 is 2.95 bits per heavy atom. The molecule has 1 amide bonds. The van der Waals surface area contributed by atoms with Gasteiger partial charge in [0, 0.05) is 26.1 Å². The number of hydrogen-bond donors (Lipinski definition) is 1. The Morgan fingerprint density at radius 1 is 1.40 bits per heavy atom. The molecule has 0 radical (unpaired) electrons. The Bertz CT molecular complexity index is 663. The summed E-state index contributed by atoms with van der Waals surface area (Å²) in [5.74, 6) is 0.0320. The Morgan fingerprint density at radius 2 is 2.20 bits per heavy atom. The van der Waals surface area contributed by atoms with Crippen LogP contribution in [0.25, 0.3) is 5.65 Å². The molecule has 0 aromatic carbocycles. The summed E-state index contributed by atoms with van der Waals surface area (Å²) in [6.45, 7) is 7.27. The van der Waals surface area contributed by atoms with Crippen molar-refractivity contribution in [1.82, 2.24) is 19.9 Å². The van der Waals surface area contributed by atoms with Crippen LogP contribution in [0.5, 0.6) is 0 Å². The van der Waals surface area contributed by atoms with Crippen LogP contribution in [0.4, 0.5) is 5.69 Å². The third kappa shape index (κ3) is 2.33. The number of amides is 1. The van der Waals surface area contributed by atoms with Crippen molar-refractivity contribution in [3.05, 3.63) is 23.7 Å². The third-order valence-electron chi connectivity index (χ3n) is 3.58. The van der Waals surface area contributed by atoms with E-state index in [0.717, 1.165) is 42.2 Å². The number of carbonyl (C=O) groups is 1. The van der Waals surface area contributed by atoms with Gasteiger partial charge in [-0.2, -0.15) is 5.10 Å². The fourth-order valence-electron chi connectivity index (χ4n) is 2.81. The van der Waals surface area contributed by atoms with Gasteiger partial charge in [-0.15, -0.1) is 0 Å². The van der Waals surface area contributed by atoms with Crippen LogP contribution >= 0.6 is 0 Å². The molecule has 2 aromatic heterocycles. The quantitative estimate of drug-likeness (QED) is 0.888. The van der Waals surface area contributed by atoms with E-state index in [1.54, 1.807) is 6.92 Å². The highest BCUT2D eigenvalue weighted by Gasteiger charge is 2.25. The normalized spacial score (nSPS) is 18.8. The number of hydrogen-bond acceptors (Lipinski definition) is 4. The topological polar surface area (TPSA) is 62.5 Å². The highest BCUT2D eigenvalue weighted by molar-refractivity contribution is 5.74. The van der Waals surface area contributed by atoms with Gasteiger partial charge in [0.2, 0.25) is 5.91 Å². The molecule has 6 heteroatoms. The lowest BCUT2D eigenvalue weighted by Gasteiger charge is -2.19. The minimum absolute atomic E-state index is 0.0320. The number of imidazole rings is 1. The summed E-state index contributed by atoms with van der Waals surface area (Å²) in [6.07, 6.45) is 2.90. The van der Waals surface area contributed by atoms with Gasteiger partial charge in [-0.3, -0.25) is 4.79 Å². The number of aromatic nitrogens is 3. The third-order valence-corrected chi connectivity index (χ3v) is 3.58. The van der Waals surface area contributed by atoms with E-state index >= 15 is 0 Å². The summed E-state index contributed by atoms with van der Waals surface area (Å²) in [6, 6.07) is 2.29. The summed E-state index contributed by atoms with van der Waals surface area (Å²) >= 11 is 0. The molecule has 1 unspecified atom stereocenters. The summed E-state index contributed by atoms with van der Waals surface area (Å²) < 4.78 is 1.84. The zero-order chi connectivity index (χ0) is 14.3. The molecule has 3 heterocycles. The van der Waals surface area contributed by atoms with Gasteiger partial charge in [0.05, 0.1) is 23.3 Å². The molecule has 0 saturated carbocycles. The number of carbonyl (C=O) groups excluding carboxylic acids is 1. The molecule has 3 rings (SSSR count). The van der Waals surface area contributed by atoms with Crippen molar-refractivity contribution in [3.8, 4) is 0 Å². The van der Waals surface area contributed by atoms with Gasteiger partial charge in [0.15, 0.2) is 5.65 Å². The van der Waals surface area contributed by atoms with Crippen LogP contribution in [0, 0.1) is 13.8 Å². The van der Waals surface area contributed by atoms with Crippen molar-refractivity contribution < 1.29 is 4.79 Å². The Labute approximate surface area is 117 Å². The van der Waals surface area contributed by atoms with E-state index in [1.807, 2.05) is 24.6 Å². The van der Waals surface area contributed by atoms with Gasteiger partial charge < -0.3 is 10.2 Å². The first-order valence-electron chi connectivity index (χ1n) is 6.88. The summed E-state index contributed by atoms with van der Waals surface area (Å²) in [5, 5.41) is 7.44. The predicted octanol–water partition coefficient (Wildman–Crippen LogP) is 1.06. The zero-order valence-corrected chi connectivity index (χ0v) is 12.1. The van der Waals surface area contributed by atoms with Crippen molar-refractivity contribution in [1.29, 1.82) is 0 Å². The van der Waals surface area contributed by atoms with E-state index in [4.69, 9.17) is 0 Å². The van der Waals surface area contributed by atoms with E-state index < -0.39 is 0 Å². The molecule has 1 N–H and O–H groups in total. The van der Waals surface area contributed by atoms with Crippen molar-refractivity contribution in [2.45, 2.75) is 33.2 Å². The summed E-state index contributed by atoms with van der Waals surface area (Å²) in [4.78, 5) is 18.0. The highest BCUT2D eigenvalue weighted by atomic mass is 16.1. The van der Waals surface area contributed by atoms with Crippen LogP contribution in [0.1, 0.15) is 24.7 Å². The van der Waals surface area contributed by atoms with E-state index in [-0.39, 0.29) is 11.9 Å². The van der Waals surface area contributed by atoms with E-state index in [0.29, 0.717) is 0 Å². The first-order chi connectivity index (χ1) is 9.52. The molecule has 6 nitrogen and oxygen atoms in total. The van der Waals surface area contributed by atoms with Gasteiger partial charge in [-0.1, -0.05) is 0 Å². The minimum Gasteiger partial charge on any atom is -0.366 e. The first kappa shape index (κ1) is 12.9. The second kappa shape index (κ2) is 4.77. The van der Waals surface area contributed by atoms with Crippen LogP contribution in [0.2, 0.25) is 0 Å². The van der Waals surface area contributed by atoms with Gasteiger partial charge in [-0.25, -0.2) is 9.50 Å². The van der Waals surface area contributed by atoms with Crippen molar-refractivity contribution >= 4 is 17.2 Å². The SMILES string of the molecule is CC(=O)NC1CCN(c2cc(C)nn3cc(C)nc23)C1. The van der Waals surface area contributed by atoms with Gasteiger partial charge in [0.1, 0.15) is 0 Å². The average Bonchev–Trinajstić information content (AvgIpc) is 2.93. The fourth-order valence-corrected chi connectivity index (χ4v) is 2.81.